The Balaban J connectivity index is 1.55. The van der Waals surface area contributed by atoms with Crippen LogP contribution in [0.5, 0.6) is 0 Å². The van der Waals surface area contributed by atoms with Crippen molar-refractivity contribution in [1.29, 1.82) is 0 Å². The lowest BCUT2D eigenvalue weighted by molar-refractivity contribution is 0.102. The standard InChI is InChI=1S/C20H18N6OS/c1-12-4-8-15(9-5-12)19(27)22-20-21-18(24-28-20)17-14(3)26(25-23-17)16-10-6-13(2)7-11-16/h4-11H,1-3H3,(H,21,22,24,27). The fourth-order valence-electron chi connectivity index (χ4n) is 2.71. The molecule has 2 aromatic heterocycles. The third kappa shape index (κ3) is 3.54. The lowest BCUT2D eigenvalue weighted by Crippen LogP contribution is -2.11. The van der Waals surface area contributed by atoms with Gasteiger partial charge in [0.05, 0.1) is 11.4 Å². The Bertz CT molecular complexity index is 1130. The second-order valence-electron chi connectivity index (χ2n) is 6.51. The van der Waals surface area contributed by atoms with E-state index >= 15 is 0 Å². The fraction of sp³-hybridized carbons (Fsp3) is 0.150. The van der Waals surface area contributed by atoms with Crippen LogP contribution in [0.2, 0.25) is 0 Å². The number of aromatic nitrogens is 5. The molecule has 0 spiro atoms. The van der Waals surface area contributed by atoms with Gasteiger partial charge in [0.15, 0.2) is 11.5 Å². The summed E-state index contributed by atoms with van der Waals surface area (Å²) in [5, 5.41) is 11.7. The Morgan fingerprint density at radius 3 is 2.29 bits per heavy atom. The minimum absolute atomic E-state index is 0.220. The van der Waals surface area contributed by atoms with E-state index in [0.29, 0.717) is 22.2 Å². The summed E-state index contributed by atoms with van der Waals surface area (Å²) in [6.45, 7) is 5.93. The molecule has 140 valence electrons. The van der Waals surface area contributed by atoms with Crippen molar-refractivity contribution in [2.24, 2.45) is 0 Å². The van der Waals surface area contributed by atoms with Gasteiger partial charge < -0.3 is 0 Å². The summed E-state index contributed by atoms with van der Waals surface area (Å²) in [5.74, 6) is 0.225. The molecule has 0 bridgehead atoms. The van der Waals surface area contributed by atoms with Gasteiger partial charge in [-0.25, -0.2) is 4.68 Å². The predicted molar refractivity (Wildman–Crippen MR) is 109 cm³/mol. The summed E-state index contributed by atoms with van der Waals surface area (Å²) in [7, 11) is 0. The zero-order valence-electron chi connectivity index (χ0n) is 15.7. The zero-order chi connectivity index (χ0) is 19.7. The highest BCUT2D eigenvalue weighted by atomic mass is 32.1. The van der Waals surface area contributed by atoms with Crippen LogP contribution in [-0.2, 0) is 0 Å². The van der Waals surface area contributed by atoms with E-state index in [2.05, 4.69) is 25.0 Å². The minimum atomic E-state index is -0.220. The van der Waals surface area contributed by atoms with Crippen LogP contribution in [0, 0.1) is 20.8 Å². The first-order valence-corrected chi connectivity index (χ1v) is 9.50. The third-order valence-electron chi connectivity index (χ3n) is 4.35. The normalized spacial score (nSPS) is 10.8. The quantitative estimate of drug-likeness (QED) is 0.570. The molecule has 0 unspecified atom stereocenters. The van der Waals surface area contributed by atoms with Gasteiger partial charge in [-0.05, 0) is 45.0 Å². The molecule has 0 radical (unpaired) electrons. The first-order chi connectivity index (χ1) is 13.5. The van der Waals surface area contributed by atoms with E-state index in [1.807, 2.05) is 57.2 Å². The SMILES string of the molecule is Cc1ccc(C(=O)Nc2nc(-c3nnn(-c4ccc(C)cc4)c3C)ns2)cc1. The van der Waals surface area contributed by atoms with Crippen molar-refractivity contribution in [3.05, 3.63) is 70.9 Å². The van der Waals surface area contributed by atoms with E-state index in [-0.39, 0.29) is 5.91 Å². The van der Waals surface area contributed by atoms with E-state index in [0.717, 1.165) is 28.5 Å². The van der Waals surface area contributed by atoms with Gasteiger partial charge in [0.2, 0.25) is 5.13 Å². The second-order valence-corrected chi connectivity index (χ2v) is 7.27. The van der Waals surface area contributed by atoms with Gasteiger partial charge in [0.25, 0.3) is 5.91 Å². The van der Waals surface area contributed by atoms with Gasteiger partial charge >= 0.3 is 0 Å². The Hall–Kier alpha value is -3.39. The number of carbonyl (C=O) groups excluding carboxylic acids is 1. The summed E-state index contributed by atoms with van der Waals surface area (Å²) < 4.78 is 6.08. The van der Waals surface area contributed by atoms with Gasteiger partial charge in [-0.15, -0.1) is 5.10 Å². The smallest absolute Gasteiger partial charge is 0.257 e. The zero-order valence-corrected chi connectivity index (χ0v) is 16.5. The molecule has 0 fully saturated rings. The number of hydrogen-bond acceptors (Lipinski definition) is 6. The van der Waals surface area contributed by atoms with Gasteiger partial charge in [-0.1, -0.05) is 40.6 Å². The number of hydrogen-bond donors (Lipinski definition) is 1. The number of nitrogens with one attached hydrogen (secondary N) is 1. The summed E-state index contributed by atoms with van der Waals surface area (Å²) in [6, 6.07) is 15.4. The summed E-state index contributed by atoms with van der Waals surface area (Å²) in [5.41, 5.74) is 5.19. The van der Waals surface area contributed by atoms with Gasteiger partial charge in [0.1, 0.15) is 0 Å². The predicted octanol–water partition coefficient (Wildman–Crippen LogP) is 3.96. The molecule has 0 saturated heterocycles. The largest absolute Gasteiger partial charge is 0.297 e. The maximum absolute atomic E-state index is 12.4. The van der Waals surface area contributed by atoms with Crippen molar-refractivity contribution >= 4 is 22.6 Å². The first-order valence-electron chi connectivity index (χ1n) is 8.73. The first kappa shape index (κ1) is 18.0. The molecule has 0 aliphatic carbocycles. The van der Waals surface area contributed by atoms with Crippen molar-refractivity contribution < 1.29 is 4.79 Å². The number of amides is 1. The van der Waals surface area contributed by atoms with Crippen LogP contribution in [0.3, 0.4) is 0 Å². The maximum Gasteiger partial charge on any atom is 0.257 e. The minimum Gasteiger partial charge on any atom is -0.297 e. The Morgan fingerprint density at radius 1 is 0.964 bits per heavy atom. The molecule has 1 N–H and O–H groups in total. The molecule has 7 nitrogen and oxygen atoms in total. The van der Waals surface area contributed by atoms with Crippen molar-refractivity contribution in [2.75, 3.05) is 5.32 Å². The number of benzene rings is 2. The molecular weight excluding hydrogens is 372 g/mol. The number of anilines is 1. The molecule has 0 aliphatic heterocycles. The van der Waals surface area contributed by atoms with Crippen LogP contribution >= 0.6 is 11.5 Å². The van der Waals surface area contributed by atoms with Crippen molar-refractivity contribution in [3.63, 3.8) is 0 Å². The second kappa shape index (κ2) is 7.32. The highest BCUT2D eigenvalue weighted by Gasteiger charge is 2.17. The average Bonchev–Trinajstić information content (AvgIpc) is 3.29. The average molecular weight is 390 g/mol. The Kier molecular flexibility index (Phi) is 4.70. The highest BCUT2D eigenvalue weighted by molar-refractivity contribution is 7.10. The number of nitrogens with zero attached hydrogens (tertiary/aromatic N) is 5. The Morgan fingerprint density at radius 2 is 1.61 bits per heavy atom. The fourth-order valence-corrected chi connectivity index (χ4v) is 3.28. The van der Waals surface area contributed by atoms with Gasteiger partial charge in [-0.3, -0.25) is 10.1 Å². The van der Waals surface area contributed by atoms with Gasteiger partial charge in [0, 0.05) is 17.1 Å². The maximum atomic E-state index is 12.4. The molecule has 2 heterocycles. The van der Waals surface area contributed by atoms with Crippen molar-refractivity contribution in [2.45, 2.75) is 20.8 Å². The van der Waals surface area contributed by atoms with Gasteiger partial charge in [-0.2, -0.15) is 9.36 Å². The molecular formula is C20H18N6OS. The summed E-state index contributed by atoms with van der Waals surface area (Å²) >= 11 is 1.12. The molecule has 8 heteroatoms. The van der Waals surface area contributed by atoms with Crippen LogP contribution in [0.15, 0.2) is 48.5 Å². The molecule has 28 heavy (non-hydrogen) atoms. The molecule has 2 aromatic carbocycles. The summed E-state index contributed by atoms with van der Waals surface area (Å²) in [4.78, 5) is 16.8. The van der Waals surface area contributed by atoms with Crippen LogP contribution in [0.1, 0.15) is 27.2 Å². The number of carbonyl (C=O) groups is 1. The van der Waals surface area contributed by atoms with E-state index in [9.17, 15) is 4.79 Å². The van der Waals surface area contributed by atoms with Crippen molar-refractivity contribution in [1.82, 2.24) is 24.4 Å². The number of aryl methyl sites for hydroxylation is 2. The topological polar surface area (TPSA) is 85.6 Å². The number of rotatable bonds is 4. The van der Waals surface area contributed by atoms with Crippen molar-refractivity contribution in [3.8, 4) is 17.2 Å². The van der Waals surface area contributed by atoms with E-state index < -0.39 is 0 Å². The molecule has 0 aliphatic rings. The van der Waals surface area contributed by atoms with Crippen LogP contribution in [-0.4, -0.2) is 30.3 Å². The molecule has 1 amide bonds. The monoisotopic (exact) mass is 390 g/mol. The molecule has 0 atom stereocenters. The Labute approximate surface area is 166 Å². The van der Waals surface area contributed by atoms with Crippen LogP contribution < -0.4 is 5.32 Å². The van der Waals surface area contributed by atoms with Crippen LogP contribution in [0.25, 0.3) is 17.2 Å². The lowest BCUT2D eigenvalue weighted by Gasteiger charge is -2.03. The highest BCUT2D eigenvalue weighted by Crippen LogP contribution is 2.24. The molecule has 4 rings (SSSR count). The van der Waals surface area contributed by atoms with E-state index in [1.54, 1.807) is 16.8 Å². The van der Waals surface area contributed by atoms with E-state index in [1.165, 1.54) is 5.56 Å². The summed E-state index contributed by atoms with van der Waals surface area (Å²) in [6.07, 6.45) is 0. The van der Waals surface area contributed by atoms with E-state index in [4.69, 9.17) is 0 Å². The third-order valence-corrected chi connectivity index (χ3v) is 4.98. The lowest BCUT2D eigenvalue weighted by atomic mass is 10.1. The molecule has 0 saturated carbocycles. The molecule has 4 aromatic rings. The van der Waals surface area contributed by atoms with Crippen LogP contribution in [0.4, 0.5) is 5.13 Å².